The highest BCUT2D eigenvalue weighted by Gasteiger charge is 2.24. The Hall–Kier alpha value is -1.79. The quantitative estimate of drug-likeness (QED) is 0.790. The van der Waals surface area contributed by atoms with Gasteiger partial charge in [0, 0.05) is 5.56 Å². The fraction of sp³-hybridized carbons (Fsp3) is 0.400. The standard InChI is InChI=1S/C15H17N5S/c1-10-7-8-16-12(9-10)14-19-20-13(17-18-15(20)21-14)11-5-3-2-4-6-11/h2-6,10,12,16H,7-9H2,1H3. The second-order valence-electron chi connectivity index (χ2n) is 5.66. The Kier molecular flexibility index (Phi) is 3.20. The van der Waals surface area contributed by atoms with E-state index in [1.54, 1.807) is 11.3 Å². The Bertz CT molecular complexity index is 748. The van der Waals surface area contributed by atoms with E-state index in [-0.39, 0.29) is 0 Å². The van der Waals surface area contributed by atoms with E-state index in [0.717, 1.165) is 40.2 Å². The summed E-state index contributed by atoms with van der Waals surface area (Å²) in [5.74, 6) is 1.57. The number of piperidine rings is 1. The monoisotopic (exact) mass is 299 g/mol. The molecule has 1 N–H and O–H groups in total. The van der Waals surface area contributed by atoms with Gasteiger partial charge in [0.1, 0.15) is 5.01 Å². The first kappa shape index (κ1) is 12.9. The minimum atomic E-state index is 0.351. The lowest BCUT2D eigenvalue weighted by Gasteiger charge is -2.26. The summed E-state index contributed by atoms with van der Waals surface area (Å²) >= 11 is 1.64. The predicted octanol–water partition coefficient (Wildman–Crippen LogP) is 2.91. The molecule has 0 amide bonds. The van der Waals surface area contributed by atoms with Gasteiger partial charge in [-0.3, -0.25) is 0 Å². The van der Waals surface area contributed by atoms with Gasteiger partial charge < -0.3 is 5.32 Å². The van der Waals surface area contributed by atoms with Crippen LogP contribution in [-0.2, 0) is 0 Å². The Morgan fingerprint density at radius 1 is 1.24 bits per heavy atom. The summed E-state index contributed by atoms with van der Waals surface area (Å²) in [6, 6.07) is 10.4. The molecule has 1 aliphatic rings. The number of fused-ring (bicyclic) bond motifs is 1. The molecule has 0 aliphatic carbocycles. The van der Waals surface area contributed by atoms with Crippen LogP contribution in [0.5, 0.6) is 0 Å². The van der Waals surface area contributed by atoms with Crippen LogP contribution in [0, 0.1) is 5.92 Å². The van der Waals surface area contributed by atoms with E-state index >= 15 is 0 Å². The Balaban J connectivity index is 1.72. The van der Waals surface area contributed by atoms with Crippen molar-refractivity contribution in [2.45, 2.75) is 25.8 Å². The van der Waals surface area contributed by atoms with Crippen molar-refractivity contribution < 1.29 is 0 Å². The molecular formula is C15H17N5S. The van der Waals surface area contributed by atoms with Crippen LogP contribution in [-0.4, -0.2) is 26.4 Å². The van der Waals surface area contributed by atoms with Gasteiger partial charge in [0.15, 0.2) is 5.82 Å². The lowest BCUT2D eigenvalue weighted by Crippen LogP contribution is -2.30. The van der Waals surface area contributed by atoms with Crippen molar-refractivity contribution in [1.29, 1.82) is 0 Å². The van der Waals surface area contributed by atoms with Crippen LogP contribution in [0.25, 0.3) is 16.3 Å². The molecule has 2 atom stereocenters. The lowest BCUT2D eigenvalue weighted by atomic mass is 9.95. The van der Waals surface area contributed by atoms with E-state index in [4.69, 9.17) is 5.10 Å². The summed E-state index contributed by atoms with van der Waals surface area (Å²) < 4.78 is 1.87. The third kappa shape index (κ3) is 2.34. The van der Waals surface area contributed by atoms with E-state index in [1.165, 1.54) is 6.42 Å². The van der Waals surface area contributed by atoms with Gasteiger partial charge in [0.05, 0.1) is 6.04 Å². The van der Waals surface area contributed by atoms with Gasteiger partial charge in [-0.1, -0.05) is 48.6 Å². The second-order valence-corrected chi connectivity index (χ2v) is 6.65. The van der Waals surface area contributed by atoms with Gasteiger partial charge in [-0.25, -0.2) is 0 Å². The molecule has 0 spiro atoms. The first-order valence-electron chi connectivity index (χ1n) is 7.32. The highest BCUT2D eigenvalue weighted by atomic mass is 32.1. The van der Waals surface area contributed by atoms with Crippen molar-refractivity contribution in [3.8, 4) is 11.4 Å². The van der Waals surface area contributed by atoms with Gasteiger partial charge in [-0.15, -0.1) is 10.2 Å². The van der Waals surface area contributed by atoms with Gasteiger partial charge >= 0.3 is 0 Å². The van der Waals surface area contributed by atoms with Gasteiger partial charge in [-0.2, -0.15) is 9.61 Å². The van der Waals surface area contributed by atoms with Gasteiger partial charge in [0.25, 0.3) is 0 Å². The Labute approximate surface area is 127 Å². The average molecular weight is 299 g/mol. The molecule has 1 saturated heterocycles. The van der Waals surface area contributed by atoms with Crippen LogP contribution >= 0.6 is 11.3 Å². The zero-order valence-corrected chi connectivity index (χ0v) is 12.7. The number of nitrogens with zero attached hydrogens (tertiary/aromatic N) is 4. The smallest absolute Gasteiger partial charge is 0.235 e. The SMILES string of the molecule is CC1CCNC(c2nn3c(-c4ccccc4)nnc3s2)C1. The normalized spacial score (nSPS) is 22.7. The maximum absolute atomic E-state index is 4.75. The second kappa shape index (κ2) is 5.20. The van der Waals surface area contributed by atoms with Crippen LogP contribution in [0.2, 0.25) is 0 Å². The maximum Gasteiger partial charge on any atom is 0.235 e. The number of rotatable bonds is 2. The molecule has 0 saturated carbocycles. The van der Waals surface area contributed by atoms with Crippen LogP contribution in [0.15, 0.2) is 30.3 Å². The molecule has 6 heteroatoms. The number of hydrogen-bond acceptors (Lipinski definition) is 5. The number of hydrogen-bond donors (Lipinski definition) is 1. The Morgan fingerprint density at radius 2 is 2.10 bits per heavy atom. The maximum atomic E-state index is 4.75. The minimum absolute atomic E-state index is 0.351. The predicted molar refractivity (Wildman–Crippen MR) is 83.2 cm³/mol. The van der Waals surface area contributed by atoms with Crippen molar-refractivity contribution in [3.63, 3.8) is 0 Å². The summed E-state index contributed by atoms with van der Waals surface area (Å²) in [7, 11) is 0. The molecule has 3 heterocycles. The number of benzene rings is 1. The van der Waals surface area contributed by atoms with Crippen molar-refractivity contribution in [2.24, 2.45) is 5.92 Å². The molecule has 21 heavy (non-hydrogen) atoms. The highest BCUT2D eigenvalue weighted by Crippen LogP contribution is 2.30. The van der Waals surface area contributed by atoms with Crippen molar-refractivity contribution in [1.82, 2.24) is 25.1 Å². The van der Waals surface area contributed by atoms with Crippen molar-refractivity contribution in [2.75, 3.05) is 6.54 Å². The van der Waals surface area contributed by atoms with Gasteiger partial charge in [0.2, 0.25) is 4.96 Å². The minimum Gasteiger partial charge on any atom is -0.308 e. The summed E-state index contributed by atoms with van der Waals surface area (Å²) in [6.45, 7) is 3.38. The van der Waals surface area contributed by atoms with E-state index < -0.39 is 0 Å². The molecule has 3 aromatic rings. The molecule has 5 nitrogen and oxygen atoms in total. The molecule has 2 unspecified atom stereocenters. The number of nitrogens with one attached hydrogen (secondary N) is 1. The summed E-state index contributed by atoms with van der Waals surface area (Å²) in [6.07, 6.45) is 2.39. The zero-order valence-electron chi connectivity index (χ0n) is 11.9. The lowest BCUT2D eigenvalue weighted by molar-refractivity contribution is 0.323. The fourth-order valence-corrected chi connectivity index (χ4v) is 3.76. The topological polar surface area (TPSA) is 55.1 Å². The van der Waals surface area contributed by atoms with E-state index in [2.05, 4.69) is 22.4 Å². The number of aromatic nitrogens is 4. The molecule has 2 aromatic heterocycles. The van der Waals surface area contributed by atoms with Crippen LogP contribution in [0.1, 0.15) is 30.8 Å². The van der Waals surface area contributed by atoms with Crippen LogP contribution in [0.4, 0.5) is 0 Å². The molecule has 0 radical (unpaired) electrons. The largest absolute Gasteiger partial charge is 0.308 e. The molecule has 4 rings (SSSR count). The molecular weight excluding hydrogens is 282 g/mol. The first-order valence-corrected chi connectivity index (χ1v) is 8.14. The zero-order chi connectivity index (χ0) is 14.2. The van der Waals surface area contributed by atoms with E-state index in [9.17, 15) is 0 Å². The molecule has 108 valence electrons. The third-order valence-electron chi connectivity index (χ3n) is 4.00. The summed E-state index contributed by atoms with van der Waals surface area (Å²) in [4.78, 5) is 0.865. The average Bonchev–Trinajstić information content (AvgIpc) is 3.08. The highest BCUT2D eigenvalue weighted by molar-refractivity contribution is 7.16. The van der Waals surface area contributed by atoms with Crippen LogP contribution < -0.4 is 5.32 Å². The van der Waals surface area contributed by atoms with Crippen molar-refractivity contribution >= 4 is 16.3 Å². The summed E-state index contributed by atoms with van der Waals surface area (Å²) in [5.41, 5.74) is 1.05. The van der Waals surface area contributed by atoms with Crippen LogP contribution in [0.3, 0.4) is 0 Å². The fourth-order valence-electron chi connectivity index (χ4n) is 2.84. The first-order chi connectivity index (χ1) is 10.3. The third-order valence-corrected chi connectivity index (χ3v) is 5.01. The Morgan fingerprint density at radius 3 is 2.90 bits per heavy atom. The van der Waals surface area contributed by atoms with E-state index in [0.29, 0.717) is 6.04 Å². The molecule has 1 aromatic carbocycles. The van der Waals surface area contributed by atoms with Crippen molar-refractivity contribution in [3.05, 3.63) is 35.3 Å². The molecule has 1 fully saturated rings. The van der Waals surface area contributed by atoms with Gasteiger partial charge in [-0.05, 0) is 25.3 Å². The molecule has 0 bridgehead atoms. The molecule has 1 aliphatic heterocycles. The van der Waals surface area contributed by atoms with E-state index in [1.807, 2.05) is 34.8 Å². The summed E-state index contributed by atoms with van der Waals surface area (Å²) in [5, 5.41) is 18.0.